The lowest BCUT2D eigenvalue weighted by molar-refractivity contribution is -0.142. The average molecular weight is 348 g/mol. The molecule has 0 saturated heterocycles. The average Bonchev–Trinajstić information content (AvgIpc) is 2.94. The SMILES string of the molecule is CCOC(=O)Cc1csc(NC(=O)c2ccc(OC(C)=O)cc2)n1. The summed E-state index contributed by atoms with van der Waals surface area (Å²) in [6.45, 7) is 3.35. The van der Waals surface area contributed by atoms with Gasteiger partial charge in [0.15, 0.2) is 5.13 Å². The van der Waals surface area contributed by atoms with Crippen LogP contribution < -0.4 is 10.1 Å². The van der Waals surface area contributed by atoms with Gasteiger partial charge in [-0.25, -0.2) is 4.98 Å². The van der Waals surface area contributed by atoms with Crippen molar-refractivity contribution in [3.8, 4) is 5.75 Å². The van der Waals surface area contributed by atoms with E-state index in [1.807, 2.05) is 0 Å². The molecule has 0 atom stereocenters. The van der Waals surface area contributed by atoms with E-state index in [1.165, 1.54) is 30.4 Å². The molecule has 2 aromatic rings. The minimum atomic E-state index is -0.427. The van der Waals surface area contributed by atoms with Crippen LogP contribution in [0, 0.1) is 0 Å². The third kappa shape index (κ3) is 5.17. The molecule has 0 aliphatic carbocycles. The molecule has 126 valence electrons. The number of ether oxygens (including phenoxy) is 2. The van der Waals surface area contributed by atoms with Crippen molar-refractivity contribution >= 4 is 34.3 Å². The third-order valence-corrected chi connectivity index (χ3v) is 3.59. The van der Waals surface area contributed by atoms with Crippen LogP contribution in [0.5, 0.6) is 5.75 Å². The van der Waals surface area contributed by atoms with E-state index in [0.29, 0.717) is 28.7 Å². The normalized spacial score (nSPS) is 10.1. The van der Waals surface area contributed by atoms with Gasteiger partial charge in [-0.15, -0.1) is 11.3 Å². The molecule has 0 aliphatic heterocycles. The topological polar surface area (TPSA) is 94.6 Å². The van der Waals surface area contributed by atoms with Gasteiger partial charge in [-0.3, -0.25) is 19.7 Å². The molecule has 8 heteroatoms. The molecule has 1 aromatic heterocycles. The number of amides is 1. The third-order valence-electron chi connectivity index (χ3n) is 2.78. The highest BCUT2D eigenvalue weighted by Crippen LogP contribution is 2.18. The maximum absolute atomic E-state index is 12.1. The van der Waals surface area contributed by atoms with E-state index in [0.717, 1.165) is 0 Å². The molecule has 0 fully saturated rings. The largest absolute Gasteiger partial charge is 0.466 e. The van der Waals surface area contributed by atoms with Crippen molar-refractivity contribution in [2.45, 2.75) is 20.3 Å². The zero-order valence-corrected chi connectivity index (χ0v) is 14.0. The minimum absolute atomic E-state index is 0.0668. The minimum Gasteiger partial charge on any atom is -0.466 e. The van der Waals surface area contributed by atoms with Crippen LogP contribution in [-0.4, -0.2) is 29.4 Å². The van der Waals surface area contributed by atoms with Crippen LogP contribution >= 0.6 is 11.3 Å². The Morgan fingerprint density at radius 3 is 2.54 bits per heavy atom. The first kappa shape index (κ1) is 17.6. The highest BCUT2D eigenvalue weighted by Gasteiger charge is 2.12. The molecule has 0 saturated carbocycles. The van der Waals surface area contributed by atoms with Crippen molar-refractivity contribution < 1.29 is 23.9 Å². The van der Waals surface area contributed by atoms with E-state index >= 15 is 0 Å². The first-order chi connectivity index (χ1) is 11.5. The van der Waals surface area contributed by atoms with Gasteiger partial charge in [0.2, 0.25) is 0 Å². The molecular formula is C16H16N2O5S. The van der Waals surface area contributed by atoms with E-state index in [1.54, 1.807) is 24.4 Å². The molecule has 1 aromatic carbocycles. The van der Waals surface area contributed by atoms with Gasteiger partial charge >= 0.3 is 11.9 Å². The number of hydrogen-bond acceptors (Lipinski definition) is 7. The molecule has 0 unspecified atom stereocenters. The second-order valence-corrected chi connectivity index (χ2v) is 5.56. The van der Waals surface area contributed by atoms with Crippen molar-refractivity contribution in [3.05, 3.63) is 40.9 Å². The van der Waals surface area contributed by atoms with E-state index < -0.39 is 5.97 Å². The fourth-order valence-electron chi connectivity index (χ4n) is 1.82. The van der Waals surface area contributed by atoms with Gasteiger partial charge in [0.1, 0.15) is 5.75 Å². The summed E-state index contributed by atoms with van der Waals surface area (Å²) in [4.78, 5) is 38.6. The standard InChI is InChI=1S/C16H16N2O5S/c1-3-22-14(20)8-12-9-24-16(17-12)18-15(21)11-4-6-13(7-5-11)23-10(2)19/h4-7,9H,3,8H2,1-2H3,(H,17,18,21). The van der Waals surface area contributed by atoms with Crippen LogP contribution in [0.15, 0.2) is 29.6 Å². The molecule has 0 aliphatic rings. The molecule has 24 heavy (non-hydrogen) atoms. The van der Waals surface area contributed by atoms with Gasteiger partial charge in [0.05, 0.1) is 18.7 Å². The Hall–Kier alpha value is -2.74. The van der Waals surface area contributed by atoms with Crippen LogP contribution in [0.2, 0.25) is 0 Å². The van der Waals surface area contributed by atoms with Crippen LogP contribution in [0.3, 0.4) is 0 Å². The number of carbonyl (C=O) groups excluding carboxylic acids is 3. The highest BCUT2D eigenvalue weighted by atomic mass is 32.1. The summed E-state index contributed by atoms with van der Waals surface area (Å²) in [5, 5.41) is 4.74. The van der Waals surface area contributed by atoms with Crippen molar-refractivity contribution in [1.82, 2.24) is 4.98 Å². The lowest BCUT2D eigenvalue weighted by Gasteiger charge is -2.04. The predicted molar refractivity (Wildman–Crippen MR) is 88.2 cm³/mol. The molecule has 7 nitrogen and oxygen atoms in total. The summed E-state index contributed by atoms with van der Waals surface area (Å²) < 4.78 is 9.75. The Kier molecular flexibility index (Phi) is 6.02. The van der Waals surface area contributed by atoms with Crippen LogP contribution in [-0.2, 0) is 20.7 Å². The number of anilines is 1. The predicted octanol–water partition coefficient (Wildman–Crippen LogP) is 2.43. The van der Waals surface area contributed by atoms with Crippen LogP contribution in [0.4, 0.5) is 5.13 Å². The quantitative estimate of drug-likeness (QED) is 0.636. The second-order valence-electron chi connectivity index (χ2n) is 4.70. The molecular weight excluding hydrogens is 332 g/mol. The summed E-state index contributed by atoms with van der Waals surface area (Å²) in [6.07, 6.45) is 0.0668. The molecule has 1 amide bonds. The van der Waals surface area contributed by atoms with Crippen molar-refractivity contribution in [2.24, 2.45) is 0 Å². The Morgan fingerprint density at radius 1 is 1.21 bits per heavy atom. The van der Waals surface area contributed by atoms with E-state index in [4.69, 9.17) is 9.47 Å². The first-order valence-electron chi connectivity index (χ1n) is 7.17. The Balaban J connectivity index is 1.95. The monoisotopic (exact) mass is 348 g/mol. The van der Waals surface area contributed by atoms with E-state index in [-0.39, 0.29) is 18.3 Å². The Labute approximate surface area is 142 Å². The molecule has 1 N–H and O–H groups in total. The number of benzene rings is 1. The lowest BCUT2D eigenvalue weighted by atomic mass is 10.2. The Morgan fingerprint density at radius 2 is 1.92 bits per heavy atom. The summed E-state index contributed by atoms with van der Waals surface area (Å²) in [6, 6.07) is 6.15. The number of thiazole rings is 1. The number of nitrogens with one attached hydrogen (secondary N) is 1. The van der Waals surface area contributed by atoms with Gasteiger partial charge in [-0.1, -0.05) is 0 Å². The van der Waals surface area contributed by atoms with Gasteiger partial charge in [-0.05, 0) is 31.2 Å². The maximum atomic E-state index is 12.1. The van der Waals surface area contributed by atoms with Crippen molar-refractivity contribution in [2.75, 3.05) is 11.9 Å². The second kappa shape index (κ2) is 8.21. The molecule has 1 heterocycles. The highest BCUT2D eigenvalue weighted by molar-refractivity contribution is 7.14. The smallest absolute Gasteiger partial charge is 0.311 e. The molecule has 0 radical (unpaired) electrons. The summed E-state index contributed by atoms with van der Waals surface area (Å²) in [7, 11) is 0. The fourth-order valence-corrected chi connectivity index (χ4v) is 2.52. The van der Waals surface area contributed by atoms with Gasteiger partial charge in [0.25, 0.3) is 5.91 Å². The summed E-state index contributed by atoms with van der Waals surface area (Å²) in [5.74, 6) is -0.766. The lowest BCUT2D eigenvalue weighted by Crippen LogP contribution is -2.12. The summed E-state index contributed by atoms with van der Waals surface area (Å²) >= 11 is 1.22. The number of carbonyl (C=O) groups is 3. The number of esters is 2. The Bertz CT molecular complexity index is 739. The number of hydrogen-bond donors (Lipinski definition) is 1. The van der Waals surface area contributed by atoms with E-state index in [9.17, 15) is 14.4 Å². The number of aromatic nitrogens is 1. The van der Waals surface area contributed by atoms with Crippen molar-refractivity contribution in [3.63, 3.8) is 0 Å². The molecule has 0 spiro atoms. The maximum Gasteiger partial charge on any atom is 0.311 e. The number of rotatable bonds is 6. The van der Waals surface area contributed by atoms with E-state index in [2.05, 4.69) is 10.3 Å². The number of nitrogens with zero attached hydrogens (tertiary/aromatic N) is 1. The van der Waals surface area contributed by atoms with Gasteiger partial charge in [-0.2, -0.15) is 0 Å². The summed E-state index contributed by atoms with van der Waals surface area (Å²) in [5.41, 5.74) is 0.937. The van der Waals surface area contributed by atoms with Crippen LogP contribution in [0.25, 0.3) is 0 Å². The zero-order chi connectivity index (χ0) is 17.5. The fraction of sp³-hybridized carbons (Fsp3) is 0.250. The molecule has 2 rings (SSSR count). The molecule has 0 bridgehead atoms. The van der Waals surface area contributed by atoms with Gasteiger partial charge in [0, 0.05) is 17.9 Å². The van der Waals surface area contributed by atoms with Gasteiger partial charge < -0.3 is 9.47 Å². The zero-order valence-electron chi connectivity index (χ0n) is 13.2. The van der Waals surface area contributed by atoms with Crippen molar-refractivity contribution in [1.29, 1.82) is 0 Å². The van der Waals surface area contributed by atoms with Crippen LogP contribution in [0.1, 0.15) is 29.9 Å². The first-order valence-corrected chi connectivity index (χ1v) is 8.05.